The Hall–Kier alpha value is -2.44. The highest BCUT2D eigenvalue weighted by atomic mass is 35.5. The number of anilines is 1. The number of carbonyl (C=O) groups excluding carboxylic acids is 1. The van der Waals surface area contributed by atoms with E-state index in [2.05, 4.69) is 15.5 Å². The first-order valence-corrected chi connectivity index (χ1v) is 6.87. The molecule has 0 saturated carbocycles. The summed E-state index contributed by atoms with van der Waals surface area (Å²) >= 11 is 5.70. The first-order chi connectivity index (χ1) is 10.5. The molecule has 3 aromatic rings. The van der Waals surface area contributed by atoms with Gasteiger partial charge in [-0.15, -0.1) is 0 Å². The summed E-state index contributed by atoms with van der Waals surface area (Å²) in [5.74, 6) is -0.964. The van der Waals surface area contributed by atoms with Crippen molar-refractivity contribution in [1.82, 2.24) is 10.2 Å². The van der Waals surface area contributed by atoms with Crippen LogP contribution in [0.2, 0.25) is 5.02 Å². The summed E-state index contributed by atoms with van der Waals surface area (Å²) in [4.78, 5) is 12.2. The van der Waals surface area contributed by atoms with E-state index in [1.54, 1.807) is 24.4 Å². The van der Waals surface area contributed by atoms with Crippen molar-refractivity contribution in [1.29, 1.82) is 0 Å². The van der Waals surface area contributed by atoms with Gasteiger partial charge in [-0.1, -0.05) is 17.7 Å². The minimum absolute atomic E-state index is 0.0689. The molecule has 22 heavy (non-hydrogen) atoms. The van der Waals surface area contributed by atoms with Crippen molar-refractivity contribution in [3.05, 3.63) is 59.0 Å². The van der Waals surface area contributed by atoms with Gasteiger partial charge >= 0.3 is 0 Å². The predicted octanol–water partition coefficient (Wildman–Crippen LogP) is 2.99. The van der Waals surface area contributed by atoms with Crippen molar-refractivity contribution in [3.63, 3.8) is 0 Å². The number of nitrogens with two attached hydrogens (primary N) is 1. The third-order valence-corrected chi connectivity index (χ3v) is 3.58. The fourth-order valence-electron chi connectivity index (χ4n) is 2.10. The van der Waals surface area contributed by atoms with Crippen molar-refractivity contribution in [2.75, 3.05) is 5.32 Å². The van der Waals surface area contributed by atoms with Crippen molar-refractivity contribution < 1.29 is 9.18 Å². The molecule has 4 N–H and O–H groups in total. The van der Waals surface area contributed by atoms with Gasteiger partial charge in [-0.05, 0) is 35.9 Å². The molecule has 0 saturated heterocycles. The Morgan fingerprint density at radius 1 is 1.32 bits per heavy atom. The molecule has 112 valence electrons. The second-order valence-electron chi connectivity index (χ2n) is 4.81. The molecular weight excluding hydrogens is 307 g/mol. The molecule has 0 aliphatic carbocycles. The molecule has 0 bridgehead atoms. The second-order valence-corrected chi connectivity index (χ2v) is 5.22. The van der Waals surface area contributed by atoms with Gasteiger partial charge in [0.05, 0.1) is 16.7 Å². The number of aromatic nitrogens is 2. The monoisotopic (exact) mass is 318 g/mol. The van der Waals surface area contributed by atoms with E-state index in [4.69, 9.17) is 17.3 Å². The van der Waals surface area contributed by atoms with Gasteiger partial charge in [0.15, 0.2) is 0 Å². The van der Waals surface area contributed by atoms with E-state index in [0.717, 1.165) is 10.9 Å². The lowest BCUT2D eigenvalue weighted by atomic mass is 10.1. The molecule has 1 atom stereocenters. The fourth-order valence-corrected chi connectivity index (χ4v) is 2.29. The van der Waals surface area contributed by atoms with E-state index in [1.807, 2.05) is 0 Å². The van der Waals surface area contributed by atoms with Crippen LogP contribution in [0.25, 0.3) is 10.9 Å². The highest BCUT2D eigenvalue weighted by Crippen LogP contribution is 2.22. The van der Waals surface area contributed by atoms with Crippen LogP contribution in [0.4, 0.5) is 10.1 Å². The molecular formula is C15H12ClFN4O. The topological polar surface area (TPSA) is 83.8 Å². The van der Waals surface area contributed by atoms with Gasteiger partial charge in [-0.3, -0.25) is 9.89 Å². The Labute approximate surface area is 130 Å². The Bertz CT molecular complexity index is 848. The predicted molar refractivity (Wildman–Crippen MR) is 83.1 cm³/mol. The number of H-pyrrole nitrogens is 1. The van der Waals surface area contributed by atoms with Crippen LogP contribution in [0.5, 0.6) is 0 Å². The van der Waals surface area contributed by atoms with E-state index < -0.39 is 17.8 Å². The Balaban J connectivity index is 1.79. The largest absolute Gasteiger partial charge is 0.324 e. The summed E-state index contributed by atoms with van der Waals surface area (Å²) in [6.07, 6.45) is 1.66. The third kappa shape index (κ3) is 2.79. The zero-order chi connectivity index (χ0) is 15.7. The highest BCUT2D eigenvalue weighted by molar-refractivity contribution is 6.30. The Morgan fingerprint density at radius 2 is 2.14 bits per heavy atom. The average molecular weight is 319 g/mol. The third-order valence-electron chi connectivity index (χ3n) is 3.29. The number of carbonyl (C=O) groups is 1. The number of halogens is 2. The number of nitrogens with one attached hydrogen (secondary N) is 2. The molecule has 0 radical (unpaired) electrons. The number of fused-ring (bicyclic) bond motifs is 1. The lowest BCUT2D eigenvalue weighted by Crippen LogP contribution is -2.27. The molecule has 2 aromatic carbocycles. The zero-order valence-corrected chi connectivity index (χ0v) is 12.1. The number of nitrogens with zero attached hydrogens (tertiary/aromatic N) is 1. The molecule has 0 aliphatic rings. The number of aromatic amines is 1. The van der Waals surface area contributed by atoms with Gasteiger partial charge in [0.25, 0.3) is 0 Å². The van der Waals surface area contributed by atoms with Crippen molar-refractivity contribution in [3.8, 4) is 0 Å². The first-order valence-electron chi connectivity index (χ1n) is 6.49. The zero-order valence-electron chi connectivity index (χ0n) is 11.3. The van der Waals surface area contributed by atoms with Gasteiger partial charge < -0.3 is 11.1 Å². The minimum Gasteiger partial charge on any atom is -0.324 e. The standard InChI is InChI=1S/C15H12ClFN4O/c16-11-6-8(1-3-12(11)17)14(18)15(22)20-10-2-4-13-9(5-10)7-19-21-13/h1-7,14H,18H2,(H,19,21)(H,20,22). The Kier molecular flexibility index (Phi) is 3.79. The van der Waals surface area contributed by atoms with Gasteiger partial charge in [-0.2, -0.15) is 5.10 Å². The molecule has 3 rings (SSSR count). The van der Waals surface area contributed by atoms with Crippen LogP contribution in [0, 0.1) is 5.82 Å². The fraction of sp³-hybridized carbons (Fsp3) is 0.0667. The van der Waals surface area contributed by atoms with Crippen molar-refractivity contribution in [2.45, 2.75) is 6.04 Å². The molecule has 0 spiro atoms. The van der Waals surface area contributed by atoms with Crippen molar-refractivity contribution >= 4 is 34.1 Å². The summed E-state index contributed by atoms with van der Waals surface area (Å²) in [5, 5.41) is 10.2. The number of amides is 1. The number of benzene rings is 2. The van der Waals surface area contributed by atoms with Crippen LogP contribution in [-0.4, -0.2) is 16.1 Å². The first kappa shape index (κ1) is 14.5. The molecule has 0 fully saturated rings. The molecule has 0 aliphatic heterocycles. The van der Waals surface area contributed by atoms with Crippen LogP contribution >= 0.6 is 11.6 Å². The summed E-state index contributed by atoms with van der Waals surface area (Å²) in [6.45, 7) is 0. The van der Waals surface area contributed by atoms with E-state index >= 15 is 0 Å². The van der Waals surface area contributed by atoms with E-state index in [-0.39, 0.29) is 5.02 Å². The maximum atomic E-state index is 13.1. The second kappa shape index (κ2) is 5.75. The van der Waals surface area contributed by atoms with E-state index in [0.29, 0.717) is 11.3 Å². The summed E-state index contributed by atoms with van der Waals surface area (Å²) < 4.78 is 13.1. The normalized spacial score (nSPS) is 12.3. The molecule has 1 amide bonds. The summed E-state index contributed by atoms with van der Waals surface area (Å²) in [5.41, 5.74) is 7.79. The van der Waals surface area contributed by atoms with Gasteiger partial charge in [0, 0.05) is 11.1 Å². The molecule has 7 heteroatoms. The number of hydrogen-bond acceptors (Lipinski definition) is 3. The number of rotatable bonds is 3. The lowest BCUT2D eigenvalue weighted by Gasteiger charge is -2.13. The van der Waals surface area contributed by atoms with Crippen LogP contribution in [0.1, 0.15) is 11.6 Å². The average Bonchev–Trinajstić information content (AvgIpc) is 2.97. The molecule has 1 unspecified atom stereocenters. The van der Waals surface area contributed by atoms with Crippen LogP contribution in [0.15, 0.2) is 42.6 Å². The van der Waals surface area contributed by atoms with E-state index in [1.165, 1.54) is 18.2 Å². The summed E-state index contributed by atoms with van der Waals surface area (Å²) in [7, 11) is 0. The van der Waals surface area contributed by atoms with Crippen LogP contribution in [-0.2, 0) is 4.79 Å². The van der Waals surface area contributed by atoms with Crippen LogP contribution in [0.3, 0.4) is 0 Å². The van der Waals surface area contributed by atoms with Gasteiger partial charge in [-0.25, -0.2) is 4.39 Å². The van der Waals surface area contributed by atoms with Crippen LogP contribution < -0.4 is 11.1 Å². The SMILES string of the molecule is NC(C(=O)Nc1ccc2[nH]ncc2c1)c1ccc(F)c(Cl)c1. The molecule has 5 nitrogen and oxygen atoms in total. The lowest BCUT2D eigenvalue weighted by molar-refractivity contribution is -0.117. The maximum Gasteiger partial charge on any atom is 0.245 e. The smallest absolute Gasteiger partial charge is 0.245 e. The van der Waals surface area contributed by atoms with Crippen molar-refractivity contribution in [2.24, 2.45) is 5.73 Å². The Morgan fingerprint density at radius 3 is 2.91 bits per heavy atom. The maximum absolute atomic E-state index is 13.1. The highest BCUT2D eigenvalue weighted by Gasteiger charge is 2.17. The van der Waals surface area contributed by atoms with Gasteiger partial charge in [0.1, 0.15) is 11.9 Å². The minimum atomic E-state index is -0.946. The molecule has 1 heterocycles. The quantitative estimate of drug-likeness (QED) is 0.694. The number of hydrogen-bond donors (Lipinski definition) is 3. The molecule has 1 aromatic heterocycles. The van der Waals surface area contributed by atoms with Gasteiger partial charge in [0.2, 0.25) is 5.91 Å². The van der Waals surface area contributed by atoms with E-state index in [9.17, 15) is 9.18 Å². The summed E-state index contributed by atoms with van der Waals surface area (Å²) in [6, 6.07) is 8.34.